The summed E-state index contributed by atoms with van der Waals surface area (Å²) in [7, 11) is 0. The van der Waals surface area contributed by atoms with Crippen LogP contribution in [0.4, 0.5) is 5.82 Å². The molecule has 0 aliphatic heterocycles. The average Bonchev–Trinajstić information content (AvgIpc) is 2.98. The van der Waals surface area contributed by atoms with Gasteiger partial charge < -0.3 is 10.4 Å². The third-order valence-corrected chi connectivity index (χ3v) is 2.80. The van der Waals surface area contributed by atoms with Crippen molar-refractivity contribution in [1.82, 2.24) is 10.2 Å². The van der Waals surface area contributed by atoms with Gasteiger partial charge in [0.05, 0.1) is 0 Å². The quantitative estimate of drug-likeness (QED) is 0.792. The van der Waals surface area contributed by atoms with Crippen LogP contribution in [0.3, 0.4) is 0 Å². The second kappa shape index (κ2) is 4.47. The van der Waals surface area contributed by atoms with Gasteiger partial charge in [-0.25, -0.2) is 4.79 Å². The first kappa shape index (κ1) is 10.9. The molecule has 16 heavy (non-hydrogen) atoms. The maximum Gasteiger partial charge on any atom is 0.356 e. The lowest BCUT2D eigenvalue weighted by molar-refractivity contribution is 0.0689. The highest BCUT2D eigenvalue weighted by Crippen LogP contribution is 2.36. The van der Waals surface area contributed by atoms with Crippen molar-refractivity contribution < 1.29 is 9.90 Å². The zero-order valence-electron chi connectivity index (χ0n) is 9.18. The summed E-state index contributed by atoms with van der Waals surface area (Å²) < 4.78 is 0. The molecule has 2 atom stereocenters. The molecule has 5 nitrogen and oxygen atoms in total. The van der Waals surface area contributed by atoms with E-state index in [1.54, 1.807) is 6.07 Å². The summed E-state index contributed by atoms with van der Waals surface area (Å²) in [6.45, 7) is 2.18. The zero-order chi connectivity index (χ0) is 11.5. The van der Waals surface area contributed by atoms with Gasteiger partial charge in [-0.1, -0.05) is 13.3 Å². The van der Waals surface area contributed by atoms with Gasteiger partial charge >= 0.3 is 5.97 Å². The summed E-state index contributed by atoms with van der Waals surface area (Å²) in [5.41, 5.74) is -0.0218. The van der Waals surface area contributed by atoms with Crippen molar-refractivity contribution in [2.24, 2.45) is 5.92 Å². The molecule has 1 fully saturated rings. The van der Waals surface area contributed by atoms with Crippen LogP contribution in [0.1, 0.15) is 36.7 Å². The number of carboxylic acid groups (broad SMARTS) is 1. The Morgan fingerprint density at radius 1 is 1.56 bits per heavy atom. The minimum absolute atomic E-state index is 0.0218. The van der Waals surface area contributed by atoms with Crippen molar-refractivity contribution in [2.75, 3.05) is 5.32 Å². The lowest BCUT2D eigenvalue weighted by Gasteiger charge is -2.03. The van der Waals surface area contributed by atoms with Crippen LogP contribution in [-0.2, 0) is 0 Å². The Labute approximate surface area is 93.9 Å². The van der Waals surface area contributed by atoms with E-state index in [4.69, 9.17) is 5.11 Å². The van der Waals surface area contributed by atoms with Crippen molar-refractivity contribution in [3.63, 3.8) is 0 Å². The highest BCUT2D eigenvalue weighted by Gasteiger charge is 2.36. The van der Waals surface area contributed by atoms with Gasteiger partial charge in [0.15, 0.2) is 5.69 Å². The zero-order valence-corrected chi connectivity index (χ0v) is 9.18. The highest BCUT2D eigenvalue weighted by atomic mass is 16.4. The van der Waals surface area contributed by atoms with Crippen LogP contribution in [0.15, 0.2) is 12.1 Å². The molecular formula is C11H15N3O2. The molecule has 0 aromatic carbocycles. The van der Waals surface area contributed by atoms with Crippen LogP contribution < -0.4 is 5.32 Å². The molecule has 0 radical (unpaired) electrons. The van der Waals surface area contributed by atoms with Crippen molar-refractivity contribution in [2.45, 2.75) is 32.2 Å². The van der Waals surface area contributed by atoms with Crippen LogP contribution in [0, 0.1) is 5.92 Å². The Balaban J connectivity index is 1.89. The summed E-state index contributed by atoms with van der Waals surface area (Å²) in [6.07, 6.45) is 3.61. The fraction of sp³-hybridized carbons (Fsp3) is 0.545. The van der Waals surface area contributed by atoms with Gasteiger partial charge in [0.25, 0.3) is 0 Å². The van der Waals surface area contributed by atoms with E-state index in [1.165, 1.54) is 25.3 Å². The van der Waals surface area contributed by atoms with Gasteiger partial charge in [0, 0.05) is 6.04 Å². The van der Waals surface area contributed by atoms with Crippen LogP contribution in [0.2, 0.25) is 0 Å². The number of aromatic carboxylic acids is 1. The maximum atomic E-state index is 10.6. The third kappa shape index (κ3) is 2.48. The van der Waals surface area contributed by atoms with Crippen molar-refractivity contribution in [1.29, 1.82) is 0 Å². The number of nitrogens with zero attached hydrogens (tertiary/aromatic N) is 2. The number of nitrogens with one attached hydrogen (secondary N) is 1. The maximum absolute atomic E-state index is 10.6. The molecule has 0 spiro atoms. The van der Waals surface area contributed by atoms with E-state index in [-0.39, 0.29) is 5.69 Å². The second-order valence-corrected chi connectivity index (χ2v) is 4.14. The van der Waals surface area contributed by atoms with E-state index in [0.717, 1.165) is 5.92 Å². The Morgan fingerprint density at radius 3 is 2.94 bits per heavy atom. The Hall–Kier alpha value is -1.65. The number of hydrogen-bond acceptors (Lipinski definition) is 4. The van der Waals surface area contributed by atoms with E-state index < -0.39 is 5.97 Å². The molecule has 1 saturated carbocycles. The summed E-state index contributed by atoms with van der Waals surface area (Å²) in [5, 5.41) is 19.4. The topological polar surface area (TPSA) is 75.1 Å². The van der Waals surface area contributed by atoms with Crippen LogP contribution in [-0.4, -0.2) is 27.3 Å². The normalized spacial score (nSPS) is 22.8. The lowest BCUT2D eigenvalue weighted by Crippen LogP contribution is -2.09. The smallest absolute Gasteiger partial charge is 0.356 e. The molecule has 86 valence electrons. The summed E-state index contributed by atoms with van der Waals surface area (Å²) in [6, 6.07) is 3.62. The number of carbonyl (C=O) groups is 1. The standard InChI is InChI=1S/C11H15N3O2/c1-2-3-7-6-9(7)12-10-5-4-8(11(15)16)13-14-10/h4-5,7,9H,2-3,6H2,1H3,(H,12,14)(H,15,16). The van der Waals surface area contributed by atoms with Crippen LogP contribution in [0.5, 0.6) is 0 Å². The molecular weight excluding hydrogens is 206 g/mol. The van der Waals surface area contributed by atoms with Crippen molar-refractivity contribution in [3.05, 3.63) is 17.8 Å². The van der Waals surface area contributed by atoms with Gasteiger partial charge in [-0.2, -0.15) is 0 Å². The highest BCUT2D eigenvalue weighted by molar-refractivity contribution is 5.85. The fourth-order valence-corrected chi connectivity index (χ4v) is 1.83. The second-order valence-electron chi connectivity index (χ2n) is 4.14. The van der Waals surface area contributed by atoms with E-state index >= 15 is 0 Å². The number of aromatic nitrogens is 2. The first-order chi connectivity index (χ1) is 7.70. The SMILES string of the molecule is CCCC1CC1Nc1ccc(C(=O)O)nn1. The van der Waals surface area contributed by atoms with E-state index in [1.807, 2.05) is 0 Å². The molecule has 1 heterocycles. The first-order valence-corrected chi connectivity index (χ1v) is 5.54. The molecule has 2 unspecified atom stereocenters. The molecule has 0 bridgehead atoms. The minimum Gasteiger partial charge on any atom is -0.476 e. The van der Waals surface area contributed by atoms with Crippen molar-refractivity contribution >= 4 is 11.8 Å². The summed E-state index contributed by atoms with van der Waals surface area (Å²) in [5.74, 6) is 0.355. The summed E-state index contributed by atoms with van der Waals surface area (Å²) in [4.78, 5) is 10.6. The largest absolute Gasteiger partial charge is 0.476 e. The molecule has 0 amide bonds. The van der Waals surface area contributed by atoms with Gasteiger partial charge in [-0.3, -0.25) is 0 Å². The molecule has 0 saturated heterocycles. The predicted octanol–water partition coefficient (Wildman–Crippen LogP) is 1.78. The number of rotatable bonds is 5. The van der Waals surface area contributed by atoms with Gasteiger partial charge in [-0.15, -0.1) is 10.2 Å². The van der Waals surface area contributed by atoms with Crippen LogP contribution >= 0.6 is 0 Å². The minimum atomic E-state index is -1.05. The van der Waals surface area contributed by atoms with Gasteiger partial charge in [0.1, 0.15) is 5.82 Å². The number of anilines is 1. The molecule has 1 aromatic rings. The average molecular weight is 221 g/mol. The Bertz CT molecular complexity index is 377. The molecule has 1 aliphatic rings. The monoisotopic (exact) mass is 221 g/mol. The molecule has 1 aromatic heterocycles. The number of carboxylic acids is 1. The van der Waals surface area contributed by atoms with Gasteiger partial charge in [0.2, 0.25) is 0 Å². The number of hydrogen-bond donors (Lipinski definition) is 2. The third-order valence-electron chi connectivity index (χ3n) is 2.80. The summed E-state index contributed by atoms with van der Waals surface area (Å²) >= 11 is 0. The molecule has 2 N–H and O–H groups in total. The molecule has 5 heteroatoms. The fourth-order valence-electron chi connectivity index (χ4n) is 1.83. The Kier molecular flexibility index (Phi) is 3.03. The van der Waals surface area contributed by atoms with E-state index in [2.05, 4.69) is 22.4 Å². The van der Waals surface area contributed by atoms with Crippen molar-refractivity contribution in [3.8, 4) is 0 Å². The predicted molar refractivity (Wildman–Crippen MR) is 59.4 cm³/mol. The molecule has 1 aliphatic carbocycles. The van der Waals surface area contributed by atoms with Gasteiger partial charge in [-0.05, 0) is 30.9 Å². The Morgan fingerprint density at radius 2 is 2.38 bits per heavy atom. The first-order valence-electron chi connectivity index (χ1n) is 5.54. The van der Waals surface area contributed by atoms with Crippen LogP contribution in [0.25, 0.3) is 0 Å². The molecule has 2 rings (SSSR count). The lowest BCUT2D eigenvalue weighted by atomic mass is 10.2. The van der Waals surface area contributed by atoms with E-state index in [9.17, 15) is 4.79 Å². The van der Waals surface area contributed by atoms with E-state index in [0.29, 0.717) is 11.9 Å².